The van der Waals surface area contributed by atoms with Crippen LogP contribution in [0.15, 0.2) is 47.4 Å². The molecule has 0 aliphatic carbocycles. The molecule has 2 aromatic rings. The van der Waals surface area contributed by atoms with Gasteiger partial charge in [-0.25, -0.2) is 5.48 Å². The molecule has 0 saturated carbocycles. The highest BCUT2D eigenvalue weighted by Crippen LogP contribution is 2.25. The Morgan fingerprint density at radius 3 is 2.52 bits per heavy atom. The van der Waals surface area contributed by atoms with Crippen LogP contribution in [-0.2, 0) is 0 Å². The molecule has 3 N–H and O–H groups in total. The largest absolute Gasteiger partial charge is 0.492 e. The third-order valence-corrected chi connectivity index (χ3v) is 4.58. The zero-order valence-corrected chi connectivity index (χ0v) is 15.1. The standard InChI is InChI=1S/C16H14Cl2N2O4S/c17-13-3-1-2-12(14(13)18)15(21)19-8-9-24-10-4-6-11(7-5-10)25-16(22)20-23/h1-7,23H,8-9H2,(H,19,21)(H,20,22). The molecule has 0 spiro atoms. The van der Waals surface area contributed by atoms with Crippen LogP contribution in [-0.4, -0.2) is 29.5 Å². The second-order valence-corrected chi connectivity index (χ2v) is 6.51. The normalized spacial score (nSPS) is 10.2. The van der Waals surface area contributed by atoms with Crippen LogP contribution in [0.25, 0.3) is 0 Å². The van der Waals surface area contributed by atoms with Crippen molar-refractivity contribution in [3.8, 4) is 5.75 Å². The summed E-state index contributed by atoms with van der Waals surface area (Å²) in [5.41, 5.74) is 1.84. The highest BCUT2D eigenvalue weighted by molar-refractivity contribution is 8.13. The van der Waals surface area contributed by atoms with E-state index in [1.165, 1.54) is 5.48 Å². The first-order valence-corrected chi connectivity index (χ1v) is 8.65. The predicted octanol–water partition coefficient (Wildman–Crippen LogP) is 3.99. The number of hydroxylamine groups is 1. The van der Waals surface area contributed by atoms with E-state index >= 15 is 0 Å². The number of amides is 2. The molecule has 0 unspecified atom stereocenters. The number of hydrogen-bond acceptors (Lipinski definition) is 5. The Hall–Kier alpha value is -1.93. The van der Waals surface area contributed by atoms with Crippen molar-refractivity contribution >= 4 is 46.1 Å². The zero-order chi connectivity index (χ0) is 18.2. The van der Waals surface area contributed by atoms with Gasteiger partial charge in [0.25, 0.3) is 5.91 Å². The molecule has 25 heavy (non-hydrogen) atoms. The van der Waals surface area contributed by atoms with Crippen LogP contribution in [0.3, 0.4) is 0 Å². The number of halogens is 2. The van der Waals surface area contributed by atoms with Crippen LogP contribution < -0.4 is 15.5 Å². The van der Waals surface area contributed by atoms with E-state index in [0.29, 0.717) is 21.2 Å². The molecular formula is C16H14Cl2N2O4S. The highest BCUT2D eigenvalue weighted by Gasteiger charge is 2.11. The minimum absolute atomic E-state index is 0.211. The third-order valence-electron chi connectivity index (χ3n) is 2.98. The maximum atomic E-state index is 12.0. The van der Waals surface area contributed by atoms with Crippen molar-refractivity contribution < 1.29 is 19.5 Å². The first kappa shape index (κ1) is 19.4. The Balaban J connectivity index is 1.78. The Bertz CT molecular complexity index is 756. The number of benzene rings is 2. The lowest BCUT2D eigenvalue weighted by molar-refractivity contribution is 0.0947. The number of carbonyl (C=O) groups is 2. The van der Waals surface area contributed by atoms with Crippen LogP contribution in [0, 0.1) is 0 Å². The molecule has 0 saturated heterocycles. The summed E-state index contributed by atoms with van der Waals surface area (Å²) < 4.78 is 5.50. The van der Waals surface area contributed by atoms with Gasteiger partial charge < -0.3 is 10.1 Å². The molecule has 0 radical (unpaired) electrons. The third kappa shape index (κ3) is 5.82. The summed E-state index contributed by atoms with van der Waals surface area (Å²) >= 11 is 12.7. The topological polar surface area (TPSA) is 87.7 Å². The Morgan fingerprint density at radius 2 is 1.84 bits per heavy atom. The summed E-state index contributed by atoms with van der Waals surface area (Å²) in [6.45, 7) is 0.540. The first-order valence-electron chi connectivity index (χ1n) is 7.08. The summed E-state index contributed by atoms with van der Waals surface area (Å²) in [6.07, 6.45) is 0. The molecule has 2 rings (SSSR count). The van der Waals surface area contributed by atoms with Crippen LogP contribution in [0.5, 0.6) is 5.75 Å². The maximum absolute atomic E-state index is 12.0. The van der Waals surface area contributed by atoms with Crippen molar-refractivity contribution in [2.45, 2.75) is 4.90 Å². The molecule has 6 nitrogen and oxygen atoms in total. The fraction of sp³-hybridized carbons (Fsp3) is 0.125. The number of thioether (sulfide) groups is 1. The lowest BCUT2D eigenvalue weighted by atomic mass is 10.2. The van der Waals surface area contributed by atoms with E-state index in [1.54, 1.807) is 42.5 Å². The second-order valence-electron chi connectivity index (χ2n) is 4.68. The quantitative estimate of drug-likeness (QED) is 0.295. The van der Waals surface area contributed by atoms with Gasteiger partial charge >= 0.3 is 5.24 Å². The van der Waals surface area contributed by atoms with Crippen molar-refractivity contribution in [1.82, 2.24) is 10.8 Å². The summed E-state index contributed by atoms with van der Waals surface area (Å²) in [7, 11) is 0. The Labute approximate surface area is 158 Å². The Kier molecular flexibility index (Phi) is 7.39. The van der Waals surface area contributed by atoms with Gasteiger partial charge in [-0.3, -0.25) is 14.8 Å². The summed E-state index contributed by atoms with van der Waals surface area (Å²) in [5, 5.41) is 11.1. The molecule has 2 aromatic carbocycles. The van der Waals surface area contributed by atoms with Gasteiger partial charge in [0.05, 0.1) is 22.2 Å². The summed E-state index contributed by atoms with van der Waals surface area (Å²) in [6, 6.07) is 11.6. The van der Waals surface area contributed by atoms with Gasteiger partial charge in [-0.1, -0.05) is 29.3 Å². The molecule has 9 heteroatoms. The fourth-order valence-corrected chi connectivity index (χ4v) is 2.76. The molecule has 0 atom stereocenters. The van der Waals surface area contributed by atoms with Gasteiger partial charge in [-0.2, -0.15) is 0 Å². The maximum Gasteiger partial charge on any atom is 0.307 e. The van der Waals surface area contributed by atoms with E-state index in [4.69, 9.17) is 33.1 Å². The summed E-state index contributed by atoms with van der Waals surface area (Å²) in [4.78, 5) is 23.7. The molecule has 0 aliphatic heterocycles. The van der Waals surface area contributed by atoms with Gasteiger partial charge in [-0.15, -0.1) is 0 Å². The first-order chi connectivity index (χ1) is 12.0. The van der Waals surface area contributed by atoms with Gasteiger partial charge in [-0.05, 0) is 48.2 Å². The molecule has 0 aliphatic rings. The summed E-state index contributed by atoms with van der Waals surface area (Å²) in [5.74, 6) is 0.252. The number of carbonyl (C=O) groups excluding carboxylic acids is 2. The SMILES string of the molecule is O=C(NO)Sc1ccc(OCCNC(=O)c2cccc(Cl)c2Cl)cc1. The second kappa shape index (κ2) is 9.53. The van der Waals surface area contributed by atoms with E-state index in [1.807, 2.05) is 0 Å². The monoisotopic (exact) mass is 400 g/mol. The van der Waals surface area contributed by atoms with Gasteiger partial charge in [0, 0.05) is 4.90 Å². The number of nitrogens with one attached hydrogen (secondary N) is 2. The predicted molar refractivity (Wildman–Crippen MR) is 96.9 cm³/mol. The van der Waals surface area contributed by atoms with E-state index in [2.05, 4.69) is 5.32 Å². The van der Waals surface area contributed by atoms with Gasteiger partial charge in [0.2, 0.25) is 0 Å². The molecule has 132 valence electrons. The van der Waals surface area contributed by atoms with Crippen molar-refractivity contribution in [1.29, 1.82) is 0 Å². The number of rotatable bonds is 6. The molecule has 0 heterocycles. The van der Waals surface area contributed by atoms with E-state index in [9.17, 15) is 9.59 Å². The van der Waals surface area contributed by atoms with E-state index in [0.717, 1.165) is 11.8 Å². The van der Waals surface area contributed by atoms with Gasteiger partial charge in [0.15, 0.2) is 0 Å². The fourth-order valence-electron chi connectivity index (χ4n) is 1.84. The molecular weight excluding hydrogens is 387 g/mol. The minimum atomic E-state index is -0.573. The number of ether oxygens (including phenoxy) is 1. The minimum Gasteiger partial charge on any atom is -0.492 e. The molecule has 2 amide bonds. The van der Waals surface area contributed by atoms with E-state index in [-0.39, 0.29) is 24.1 Å². The van der Waals surface area contributed by atoms with Crippen molar-refractivity contribution in [2.75, 3.05) is 13.2 Å². The molecule has 0 aromatic heterocycles. The highest BCUT2D eigenvalue weighted by atomic mass is 35.5. The van der Waals surface area contributed by atoms with Crippen LogP contribution in [0.1, 0.15) is 10.4 Å². The zero-order valence-electron chi connectivity index (χ0n) is 12.8. The van der Waals surface area contributed by atoms with Crippen molar-refractivity contribution in [3.05, 3.63) is 58.1 Å². The lowest BCUT2D eigenvalue weighted by Gasteiger charge is -2.09. The average molecular weight is 401 g/mol. The van der Waals surface area contributed by atoms with Crippen LogP contribution in [0.4, 0.5) is 4.79 Å². The Morgan fingerprint density at radius 1 is 1.12 bits per heavy atom. The lowest BCUT2D eigenvalue weighted by Crippen LogP contribution is -2.28. The van der Waals surface area contributed by atoms with Crippen molar-refractivity contribution in [2.24, 2.45) is 0 Å². The number of hydrogen-bond donors (Lipinski definition) is 3. The average Bonchev–Trinajstić information content (AvgIpc) is 2.62. The van der Waals surface area contributed by atoms with Crippen molar-refractivity contribution in [3.63, 3.8) is 0 Å². The van der Waals surface area contributed by atoms with Crippen LogP contribution >= 0.6 is 35.0 Å². The van der Waals surface area contributed by atoms with Crippen LogP contribution in [0.2, 0.25) is 10.0 Å². The molecule has 0 bridgehead atoms. The van der Waals surface area contributed by atoms with Gasteiger partial charge in [0.1, 0.15) is 12.4 Å². The van der Waals surface area contributed by atoms with E-state index < -0.39 is 5.24 Å². The smallest absolute Gasteiger partial charge is 0.307 e. The molecule has 0 fully saturated rings.